The first-order valence-corrected chi connectivity index (χ1v) is 6.51. The molecule has 1 aliphatic rings. The summed E-state index contributed by atoms with van der Waals surface area (Å²) in [5.74, 6) is -0.440. The number of carbonyl (C=O) groups excluding carboxylic acids is 1. The molecule has 5 heteroatoms. The maximum Gasteiger partial charge on any atom is 0.228 e. The number of hydrogen-bond donors (Lipinski definition) is 1. The van der Waals surface area contributed by atoms with E-state index >= 15 is 0 Å². The zero-order valence-corrected chi connectivity index (χ0v) is 11.4. The lowest BCUT2D eigenvalue weighted by atomic mass is 10.1. The zero-order chi connectivity index (χ0) is 13.8. The van der Waals surface area contributed by atoms with Gasteiger partial charge < -0.3 is 15.1 Å². The van der Waals surface area contributed by atoms with E-state index in [1.807, 2.05) is 7.05 Å². The Balaban J connectivity index is 1.98. The second-order valence-corrected chi connectivity index (χ2v) is 5.02. The maximum atomic E-state index is 13.6. The monoisotopic (exact) mass is 265 g/mol. The maximum absolute atomic E-state index is 13.6. The highest BCUT2D eigenvalue weighted by Crippen LogP contribution is 2.18. The SMILES string of the molecule is CN1CCNC(CC(=O)N(C)c2ccccc2F)C1. The molecule has 0 aliphatic carbocycles. The van der Waals surface area contributed by atoms with Gasteiger partial charge in [0.1, 0.15) is 5.82 Å². The average Bonchev–Trinajstić information content (AvgIpc) is 2.38. The quantitative estimate of drug-likeness (QED) is 0.888. The van der Waals surface area contributed by atoms with Crippen LogP contribution in [0.2, 0.25) is 0 Å². The van der Waals surface area contributed by atoms with Gasteiger partial charge in [-0.25, -0.2) is 4.39 Å². The van der Waals surface area contributed by atoms with Crippen molar-refractivity contribution in [3.05, 3.63) is 30.1 Å². The van der Waals surface area contributed by atoms with Gasteiger partial charge in [-0.1, -0.05) is 12.1 Å². The van der Waals surface area contributed by atoms with Gasteiger partial charge in [-0.15, -0.1) is 0 Å². The molecule has 1 aliphatic heterocycles. The number of para-hydroxylation sites is 1. The van der Waals surface area contributed by atoms with E-state index in [9.17, 15) is 9.18 Å². The first-order chi connectivity index (χ1) is 9.08. The number of benzene rings is 1. The Hall–Kier alpha value is -1.46. The predicted molar refractivity (Wildman–Crippen MR) is 73.7 cm³/mol. The van der Waals surface area contributed by atoms with Gasteiger partial charge in [0, 0.05) is 39.1 Å². The predicted octanol–water partition coefficient (Wildman–Crippen LogP) is 1.08. The number of rotatable bonds is 3. The van der Waals surface area contributed by atoms with Gasteiger partial charge in [0.05, 0.1) is 5.69 Å². The molecule has 4 nitrogen and oxygen atoms in total. The number of halogens is 1. The van der Waals surface area contributed by atoms with Crippen molar-refractivity contribution in [1.82, 2.24) is 10.2 Å². The van der Waals surface area contributed by atoms with Crippen molar-refractivity contribution >= 4 is 11.6 Å². The van der Waals surface area contributed by atoms with Crippen LogP contribution in [0.1, 0.15) is 6.42 Å². The van der Waals surface area contributed by atoms with Crippen LogP contribution >= 0.6 is 0 Å². The Labute approximate surface area is 113 Å². The lowest BCUT2D eigenvalue weighted by molar-refractivity contribution is -0.119. The Morgan fingerprint density at radius 3 is 2.95 bits per heavy atom. The molecule has 1 amide bonds. The van der Waals surface area contributed by atoms with Crippen molar-refractivity contribution in [1.29, 1.82) is 0 Å². The largest absolute Gasteiger partial charge is 0.313 e. The van der Waals surface area contributed by atoms with E-state index in [1.165, 1.54) is 11.0 Å². The molecule has 1 aromatic carbocycles. The molecule has 1 unspecified atom stereocenters. The summed E-state index contributed by atoms with van der Waals surface area (Å²) in [6.45, 7) is 2.72. The smallest absolute Gasteiger partial charge is 0.228 e. The lowest BCUT2D eigenvalue weighted by Gasteiger charge is -2.31. The molecule has 0 spiro atoms. The molecule has 1 N–H and O–H groups in total. The third-order valence-corrected chi connectivity index (χ3v) is 3.47. The standard InChI is InChI=1S/C14H20FN3O/c1-17-8-7-16-11(10-17)9-14(19)18(2)13-6-4-3-5-12(13)15/h3-6,11,16H,7-10H2,1-2H3. The molecule has 0 aromatic heterocycles. The first kappa shape index (κ1) is 14.0. The van der Waals surface area contributed by atoms with E-state index in [-0.39, 0.29) is 17.8 Å². The van der Waals surface area contributed by atoms with Crippen LogP contribution in [0, 0.1) is 5.82 Å². The Bertz CT molecular complexity index is 452. The molecular weight excluding hydrogens is 245 g/mol. The number of nitrogens with one attached hydrogen (secondary N) is 1. The molecule has 2 rings (SSSR count). The molecule has 104 valence electrons. The summed E-state index contributed by atoms with van der Waals surface area (Å²) < 4.78 is 13.6. The number of piperazine rings is 1. The molecule has 1 saturated heterocycles. The van der Waals surface area contributed by atoms with Crippen molar-refractivity contribution in [3.8, 4) is 0 Å². The fourth-order valence-corrected chi connectivity index (χ4v) is 2.33. The van der Waals surface area contributed by atoms with E-state index in [4.69, 9.17) is 0 Å². The molecule has 1 fully saturated rings. The van der Waals surface area contributed by atoms with Crippen LogP contribution in [0.5, 0.6) is 0 Å². The van der Waals surface area contributed by atoms with E-state index in [0.29, 0.717) is 12.1 Å². The minimum absolute atomic E-state index is 0.0714. The Morgan fingerprint density at radius 1 is 1.53 bits per heavy atom. The van der Waals surface area contributed by atoms with Crippen LogP contribution in [0.4, 0.5) is 10.1 Å². The van der Waals surface area contributed by atoms with Crippen LogP contribution < -0.4 is 10.2 Å². The van der Waals surface area contributed by atoms with Crippen LogP contribution in [-0.4, -0.2) is 50.6 Å². The van der Waals surface area contributed by atoms with Crippen molar-refractivity contribution in [2.75, 3.05) is 38.6 Å². The second kappa shape index (κ2) is 6.12. The Morgan fingerprint density at radius 2 is 2.26 bits per heavy atom. The summed E-state index contributed by atoms with van der Waals surface area (Å²) in [7, 11) is 3.66. The molecule has 0 bridgehead atoms. The fraction of sp³-hybridized carbons (Fsp3) is 0.500. The first-order valence-electron chi connectivity index (χ1n) is 6.51. The number of amides is 1. The highest BCUT2D eigenvalue weighted by atomic mass is 19.1. The summed E-state index contributed by atoms with van der Waals surface area (Å²) in [5.41, 5.74) is 0.330. The van der Waals surface area contributed by atoms with Crippen molar-refractivity contribution in [2.45, 2.75) is 12.5 Å². The highest BCUT2D eigenvalue weighted by Gasteiger charge is 2.22. The minimum Gasteiger partial charge on any atom is -0.313 e. The molecular formula is C14H20FN3O. The Kier molecular flexibility index (Phi) is 4.50. The molecule has 1 atom stereocenters. The third kappa shape index (κ3) is 3.52. The summed E-state index contributed by atoms with van der Waals surface area (Å²) in [4.78, 5) is 15.8. The van der Waals surface area contributed by atoms with E-state index in [2.05, 4.69) is 10.2 Å². The van der Waals surface area contributed by atoms with Gasteiger partial charge in [-0.2, -0.15) is 0 Å². The van der Waals surface area contributed by atoms with E-state index in [1.54, 1.807) is 25.2 Å². The van der Waals surface area contributed by atoms with Gasteiger partial charge in [-0.05, 0) is 19.2 Å². The van der Waals surface area contributed by atoms with Crippen molar-refractivity contribution in [2.24, 2.45) is 0 Å². The van der Waals surface area contributed by atoms with Gasteiger partial charge >= 0.3 is 0 Å². The minimum atomic E-state index is -0.368. The topological polar surface area (TPSA) is 35.6 Å². The summed E-state index contributed by atoms with van der Waals surface area (Å²) in [6, 6.07) is 6.48. The summed E-state index contributed by atoms with van der Waals surface area (Å²) >= 11 is 0. The highest BCUT2D eigenvalue weighted by molar-refractivity contribution is 5.93. The normalized spacial score (nSPS) is 20.3. The van der Waals surface area contributed by atoms with Crippen LogP contribution in [0.25, 0.3) is 0 Å². The van der Waals surface area contributed by atoms with Gasteiger partial charge in [0.2, 0.25) is 5.91 Å². The van der Waals surface area contributed by atoms with Crippen LogP contribution in [0.3, 0.4) is 0 Å². The number of carbonyl (C=O) groups is 1. The second-order valence-electron chi connectivity index (χ2n) is 5.02. The van der Waals surface area contributed by atoms with Crippen molar-refractivity contribution in [3.63, 3.8) is 0 Å². The number of hydrogen-bond acceptors (Lipinski definition) is 3. The lowest BCUT2D eigenvalue weighted by Crippen LogP contribution is -2.50. The van der Waals surface area contributed by atoms with Gasteiger partial charge in [0.25, 0.3) is 0 Å². The number of likely N-dealkylation sites (N-methyl/N-ethyl adjacent to an activating group) is 1. The zero-order valence-electron chi connectivity index (χ0n) is 11.4. The number of nitrogens with zero attached hydrogens (tertiary/aromatic N) is 2. The molecule has 19 heavy (non-hydrogen) atoms. The molecule has 1 aromatic rings. The fourth-order valence-electron chi connectivity index (χ4n) is 2.33. The molecule has 1 heterocycles. The average molecular weight is 265 g/mol. The van der Waals surface area contributed by atoms with Gasteiger partial charge in [0.15, 0.2) is 0 Å². The van der Waals surface area contributed by atoms with E-state index in [0.717, 1.165) is 19.6 Å². The van der Waals surface area contributed by atoms with E-state index < -0.39 is 0 Å². The van der Waals surface area contributed by atoms with Crippen LogP contribution in [0.15, 0.2) is 24.3 Å². The van der Waals surface area contributed by atoms with Crippen molar-refractivity contribution < 1.29 is 9.18 Å². The summed E-state index contributed by atoms with van der Waals surface area (Å²) in [5, 5.41) is 3.32. The molecule has 0 saturated carbocycles. The summed E-state index contributed by atoms with van der Waals surface area (Å²) in [6.07, 6.45) is 0.384. The number of anilines is 1. The van der Waals surface area contributed by atoms with Crippen LogP contribution in [-0.2, 0) is 4.79 Å². The van der Waals surface area contributed by atoms with Gasteiger partial charge in [-0.3, -0.25) is 4.79 Å². The third-order valence-electron chi connectivity index (χ3n) is 3.47. The molecule has 0 radical (unpaired) electrons.